The average molecular weight is 899 g/mol. The van der Waals surface area contributed by atoms with Crippen LogP contribution in [0.15, 0.2) is 152 Å². The smallest absolute Gasteiger partial charge is 0.329 e. The number of benzene rings is 5. The second-order valence-electron chi connectivity index (χ2n) is 15.5. The van der Waals surface area contributed by atoms with Gasteiger partial charge in [0.15, 0.2) is 6.29 Å². The van der Waals surface area contributed by atoms with E-state index in [0.29, 0.717) is 23.8 Å². The van der Waals surface area contributed by atoms with E-state index in [9.17, 15) is 14.4 Å². The summed E-state index contributed by atoms with van der Waals surface area (Å²) in [5, 5.41) is 11.7. The number of para-hydroxylation sites is 1. The van der Waals surface area contributed by atoms with E-state index in [-0.39, 0.29) is 19.6 Å². The summed E-state index contributed by atoms with van der Waals surface area (Å²) < 4.78 is 12.1. The Balaban J connectivity index is 1.34. The van der Waals surface area contributed by atoms with Crippen LogP contribution in [0.25, 0.3) is 10.9 Å². The molecule has 5 amide bonds. The van der Waals surface area contributed by atoms with E-state index in [2.05, 4.69) is 26.4 Å². The molecule has 5 aromatic carbocycles. The van der Waals surface area contributed by atoms with Crippen LogP contribution in [0.5, 0.6) is 0 Å². The number of hydrogen-bond donors (Lipinski definition) is 4. The summed E-state index contributed by atoms with van der Waals surface area (Å²) in [6, 6.07) is 42.8. The van der Waals surface area contributed by atoms with E-state index >= 15 is 4.79 Å². The van der Waals surface area contributed by atoms with Crippen molar-refractivity contribution >= 4 is 46.3 Å². The zero-order valence-electron chi connectivity index (χ0n) is 37.1. The number of pyridine rings is 1. The molecule has 2 atom stereocenters. The predicted molar refractivity (Wildman–Crippen MR) is 252 cm³/mol. The first kappa shape index (κ1) is 47.8. The Hall–Kier alpha value is -6.64. The van der Waals surface area contributed by atoms with Gasteiger partial charge in [0, 0.05) is 50.0 Å². The van der Waals surface area contributed by atoms with Crippen molar-refractivity contribution in [2.24, 2.45) is 0 Å². The number of fused-ring (bicyclic) bond motifs is 1. The van der Waals surface area contributed by atoms with Crippen molar-refractivity contribution in [1.29, 1.82) is 0 Å². The lowest BCUT2D eigenvalue weighted by molar-refractivity contribution is -0.180. The summed E-state index contributed by atoms with van der Waals surface area (Å²) in [5.74, 6) is -1.69. The molecule has 14 heteroatoms. The normalized spacial score (nSPS) is 12.4. The Kier molecular flexibility index (Phi) is 17.2. The lowest BCUT2D eigenvalue weighted by atomic mass is 9.77. The third kappa shape index (κ3) is 12.5. The maximum Gasteiger partial charge on any atom is 0.329 e. The van der Waals surface area contributed by atoms with Gasteiger partial charge in [0.05, 0.1) is 24.5 Å². The topological polar surface area (TPSA) is 154 Å². The minimum atomic E-state index is -1.40. The van der Waals surface area contributed by atoms with Gasteiger partial charge in [0.1, 0.15) is 11.6 Å². The lowest BCUT2D eigenvalue weighted by Crippen LogP contribution is -2.58. The molecule has 6 rings (SSSR count). The molecule has 2 unspecified atom stereocenters. The minimum absolute atomic E-state index is 0.0518. The van der Waals surface area contributed by atoms with E-state index in [4.69, 9.17) is 21.1 Å². The second-order valence-corrected chi connectivity index (χ2v) is 15.9. The number of nitrogens with zero attached hydrogens (tertiary/aromatic N) is 3. The molecule has 65 heavy (non-hydrogen) atoms. The molecule has 0 aliphatic rings. The Morgan fingerprint density at radius 1 is 0.723 bits per heavy atom. The fraction of sp³-hybridized carbons (Fsp3) is 0.275. The Morgan fingerprint density at radius 3 is 1.86 bits per heavy atom. The third-order valence-corrected chi connectivity index (χ3v) is 11.1. The monoisotopic (exact) mass is 897 g/mol. The first-order chi connectivity index (χ1) is 31.5. The van der Waals surface area contributed by atoms with Gasteiger partial charge in [-0.05, 0) is 66.8 Å². The second kappa shape index (κ2) is 23.3. The number of carbonyl (C=O) groups excluding carboxylic acids is 4. The number of likely N-dealkylation sites (N-methyl/N-ethyl adjacent to an activating group) is 1. The van der Waals surface area contributed by atoms with Crippen LogP contribution in [0.2, 0.25) is 5.02 Å². The van der Waals surface area contributed by atoms with E-state index in [1.165, 1.54) is 12.1 Å². The van der Waals surface area contributed by atoms with Crippen LogP contribution < -0.4 is 21.4 Å². The Bertz CT molecular complexity index is 2370. The zero-order chi connectivity index (χ0) is 46.2. The van der Waals surface area contributed by atoms with Crippen LogP contribution in [0.3, 0.4) is 0 Å². The van der Waals surface area contributed by atoms with Crippen molar-refractivity contribution in [2.75, 3.05) is 26.8 Å². The van der Waals surface area contributed by atoms with Gasteiger partial charge in [-0.25, -0.2) is 9.80 Å². The molecule has 4 N–H and O–H groups in total. The first-order valence-corrected chi connectivity index (χ1v) is 22.0. The maximum absolute atomic E-state index is 15.4. The molecule has 0 aliphatic heterocycles. The minimum Gasteiger partial charge on any atom is -0.351 e. The summed E-state index contributed by atoms with van der Waals surface area (Å²) in [4.78, 5) is 63.5. The molecular weight excluding hydrogens is 842 g/mol. The first-order valence-electron chi connectivity index (χ1n) is 21.7. The molecule has 0 bridgehead atoms. The molecule has 0 saturated carbocycles. The van der Waals surface area contributed by atoms with Gasteiger partial charge >= 0.3 is 6.03 Å². The molecule has 0 aliphatic carbocycles. The average Bonchev–Trinajstić information content (AvgIpc) is 3.32. The third-order valence-electron chi connectivity index (χ3n) is 10.9. The number of aromatic nitrogens is 1. The number of hydrogen-bond acceptors (Lipinski definition) is 8. The molecule has 6 aromatic rings. The van der Waals surface area contributed by atoms with E-state index < -0.39 is 54.1 Å². The van der Waals surface area contributed by atoms with Crippen molar-refractivity contribution in [3.8, 4) is 0 Å². The Labute approximate surface area is 385 Å². The van der Waals surface area contributed by atoms with Gasteiger partial charge in [0.25, 0.3) is 0 Å². The molecule has 338 valence electrons. The van der Waals surface area contributed by atoms with Crippen molar-refractivity contribution in [2.45, 2.75) is 64.2 Å². The summed E-state index contributed by atoms with van der Waals surface area (Å²) in [7, 11) is 1.52. The molecule has 0 fully saturated rings. The highest BCUT2D eigenvalue weighted by Gasteiger charge is 2.40. The summed E-state index contributed by atoms with van der Waals surface area (Å²) in [6.07, 6.45) is 0.396. The number of ether oxygens (including phenoxy) is 2. The maximum atomic E-state index is 15.4. The van der Waals surface area contributed by atoms with Crippen LogP contribution in [0.4, 0.5) is 4.79 Å². The quantitative estimate of drug-likeness (QED) is 0.0333. The van der Waals surface area contributed by atoms with Gasteiger partial charge in [-0.1, -0.05) is 139 Å². The fourth-order valence-corrected chi connectivity index (χ4v) is 7.95. The van der Waals surface area contributed by atoms with Gasteiger partial charge in [-0.15, -0.1) is 0 Å². The van der Waals surface area contributed by atoms with Crippen LogP contribution in [-0.2, 0) is 42.5 Å². The lowest BCUT2D eigenvalue weighted by Gasteiger charge is -2.38. The fourth-order valence-electron chi connectivity index (χ4n) is 7.82. The number of hydrazine groups is 1. The van der Waals surface area contributed by atoms with Gasteiger partial charge in [-0.2, -0.15) is 0 Å². The molecular formula is C51H56ClN7O6. The molecule has 13 nitrogen and oxygen atoms in total. The Morgan fingerprint density at radius 2 is 1.29 bits per heavy atom. The molecule has 0 spiro atoms. The van der Waals surface area contributed by atoms with Crippen molar-refractivity contribution in [1.82, 2.24) is 36.3 Å². The van der Waals surface area contributed by atoms with Gasteiger partial charge in [-0.3, -0.25) is 24.8 Å². The van der Waals surface area contributed by atoms with Crippen LogP contribution in [0.1, 0.15) is 55.0 Å². The van der Waals surface area contributed by atoms with Gasteiger partial charge in [0.2, 0.25) is 17.7 Å². The highest BCUT2D eigenvalue weighted by atomic mass is 35.5. The number of halogens is 1. The van der Waals surface area contributed by atoms with E-state index in [0.717, 1.165) is 33.2 Å². The van der Waals surface area contributed by atoms with E-state index in [1.54, 1.807) is 35.4 Å². The van der Waals surface area contributed by atoms with Crippen molar-refractivity contribution in [3.63, 3.8) is 0 Å². The number of rotatable bonds is 21. The number of urea groups is 1. The number of amides is 5. The van der Waals surface area contributed by atoms with E-state index in [1.807, 2.05) is 142 Å². The SMILES string of the molecule is CCOC(OCC)C(C)N(Cc1cccc2cccnc12)C(=O)C(CC(=O)NC(c1ccccc1)(c1ccccc1)c1ccccc1)NC(=O)CN(C)NC(=O)NCc1ccc(Cl)cc1. The number of nitrogens with one attached hydrogen (secondary N) is 4. The standard InChI is InChI=1S/C51H56ClN7O6/c1-5-64-49(65-6-2)36(3)59(34-39-19-16-18-38-20-17-31-53-47(38)39)48(62)44(55-46(61)35-58(4)57-50(63)54-33-37-27-29-43(52)30-28-37)32-45(60)56-51(40-21-10-7-11-22-40,41-23-12-8-13-24-41)42-25-14-9-15-26-42/h7-31,36,44,49H,5-6,32-35H2,1-4H3,(H,55,61)(H,56,60)(H2,54,57,63). The molecule has 0 radical (unpaired) electrons. The summed E-state index contributed by atoms with van der Waals surface area (Å²) in [5.41, 5.74) is 6.07. The highest BCUT2D eigenvalue weighted by Crippen LogP contribution is 2.37. The largest absolute Gasteiger partial charge is 0.351 e. The highest BCUT2D eigenvalue weighted by molar-refractivity contribution is 6.30. The van der Waals surface area contributed by atoms with Crippen LogP contribution >= 0.6 is 11.6 Å². The molecule has 1 aromatic heterocycles. The van der Waals surface area contributed by atoms with Crippen molar-refractivity contribution in [3.05, 3.63) is 185 Å². The van der Waals surface area contributed by atoms with Crippen LogP contribution in [0, 0.1) is 0 Å². The summed E-state index contributed by atoms with van der Waals surface area (Å²) >= 11 is 6.00. The number of carbonyl (C=O) groups is 4. The molecule has 1 heterocycles. The van der Waals surface area contributed by atoms with Crippen molar-refractivity contribution < 1.29 is 28.7 Å². The summed E-state index contributed by atoms with van der Waals surface area (Å²) in [6.45, 7) is 6.03. The van der Waals surface area contributed by atoms with Crippen LogP contribution in [-0.4, -0.2) is 83.8 Å². The predicted octanol–water partition coefficient (Wildman–Crippen LogP) is 7.33. The zero-order valence-corrected chi connectivity index (χ0v) is 37.8. The van der Waals surface area contributed by atoms with Gasteiger partial charge < -0.3 is 30.3 Å². The molecule has 0 saturated heterocycles.